The molecule has 2 N–H and O–H groups in total. The van der Waals surface area contributed by atoms with Gasteiger partial charge in [0.2, 0.25) is 5.89 Å². The van der Waals surface area contributed by atoms with Gasteiger partial charge in [0.25, 0.3) is 0 Å². The van der Waals surface area contributed by atoms with Gasteiger partial charge < -0.3 is 15.2 Å². The average molecular weight is 280 g/mol. The zero-order valence-electron chi connectivity index (χ0n) is 12.5. The molecule has 0 unspecified atom stereocenters. The second-order valence-electron chi connectivity index (χ2n) is 6.41. The molecule has 0 aromatic carbocycles. The van der Waals surface area contributed by atoms with E-state index >= 15 is 0 Å². The number of carbonyl (C=O) groups is 1. The molecule has 1 aromatic rings. The van der Waals surface area contributed by atoms with Crippen molar-refractivity contribution in [3.05, 3.63) is 11.7 Å². The van der Waals surface area contributed by atoms with Crippen LogP contribution in [0.25, 0.3) is 0 Å². The van der Waals surface area contributed by atoms with Crippen molar-refractivity contribution in [3.63, 3.8) is 0 Å². The van der Waals surface area contributed by atoms with E-state index in [1.807, 2.05) is 0 Å². The minimum atomic E-state index is -0.175. The molecule has 1 saturated carbocycles. The molecule has 0 aliphatic heterocycles. The largest absolute Gasteiger partial charge is 0.338 e. The van der Waals surface area contributed by atoms with Gasteiger partial charge in [0.05, 0.1) is 6.54 Å². The number of hydrogen-bond donors (Lipinski definition) is 2. The molecular formula is C14H24N4O2. The van der Waals surface area contributed by atoms with Gasteiger partial charge in [-0.2, -0.15) is 4.98 Å². The minimum Gasteiger partial charge on any atom is -0.338 e. The molecule has 1 aliphatic carbocycles. The summed E-state index contributed by atoms with van der Waals surface area (Å²) in [7, 11) is 0. The lowest BCUT2D eigenvalue weighted by Crippen LogP contribution is -2.39. The van der Waals surface area contributed by atoms with Gasteiger partial charge in [0, 0.05) is 6.54 Å². The van der Waals surface area contributed by atoms with E-state index in [0.29, 0.717) is 23.0 Å². The summed E-state index contributed by atoms with van der Waals surface area (Å²) in [6.07, 6.45) is 4.86. The lowest BCUT2D eigenvalue weighted by Gasteiger charge is -2.34. The van der Waals surface area contributed by atoms with Gasteiger partial charge in [-0.3, -0.25) is 0 Å². The average Bonchev–Trinajstić information content (AvgIpc) is 2.81. The first-order valence-electron chi connectivity index (χ1n) is 7.25. The van der Waals surface area contributed by atoms with Crippen LogP contribution in [0.2, 0.25) is 0 Å². The van der Waals surface area contributed by atoms with E-state index < -0.39 is 0 Å². The number of aryl methyl sites for hydroxylation is 1. The van der Waals surface area contributed by atoms with Crippen molar-refractivity contribution in [2.75, 3.05) is 6.54 Å². The Balaban J connectivity index is 1.63. The molecule has 2 amide bonds. The summed E-state index contributed by atoms with van der Waals surface area (Å²) in [5.41, 5.74) is 0.467. The van der Waals surface area contributed by atoms with Crippen LogP contribution in [-0.2, 0) is 6.54 Å². The molecule has 1 fully saturated rings. The monoisotopic (exact) mass is 280 g/mol. The first kappa shape index (κ1) is 14.8. The summed E-state index contributed by atoms with van der Waals surface area (Å²) in [5, 5.41) is 9.31. The molecule has 0 spiro atoms. The van der Waals surface area contributed by atoms with Crippen molar-refractivity contribution < 1.29 is 9.32 Å². The fraction of sp³-hybridized carbons (Fsp3) is 0.786. The fourth-order valence-corrected chi connectivity index (χ4v) is 2.53. The van der Waals surface area contributed by atoms with Crippen molar-refractivity contribution in [2.24, 2.45) is 11.3 Å². The number of hydrogen-bond acceptors (Lipinski definition) is 4. The topological polar surface area (TPSA) is 80.0 Å². The maximum Gasteiger partial charge on any atom is 0.315 e. The quantitative estimate of drug-likeness (QED) is 0.887. The zero-order valence-corrected chi connectivity index (χ0v) is 12.5. The van der Waals surface area contributed by atoms with Crippen molar-refractivity contribution in [1.29, 1.82) is 0 Å². The number of amides is 2. The van der Waals surface area contributed by atoms with E-state index in [9.17, 15) is 4.79 Å². The van der Waals surface area contributed by atoms with Gasteiger partial charge in [-0.25, -0.2) is 4.79 Å². The molecule has 1 heterocycles. The van der Waals surface area contributed by atoms with Gasteiger partial charge in [0.1, 0.15) is 0 Å². The first-order chi connectivity index (χ1) is 9.44. The molecule has 1 aliphatic rings. The van der Waals surface area contributed by atoms with Crippen LogP contribution in [0.4, 0.5) is 4.79 Å². The maximum absolute atomic E-state index is 11.7. The lowest BCUT2D eigenvalue weighted by molar-refractivity contribution is 0.187. The van der Waals surface area contributed by atoms with Crippen LogP contribution >= 0.6 is 0 Å². The molecule has 2 rings (SSSR count). The van der Waals surface area contributed by atoms with Crippen molar-refractivity contribution in [1.82, 2.24) is 20.8 Å². The van der Waals surface area contributed by atoms with Crippen LogP contribution in [0.15, 0.2) is 4.52 Å². The highest BCUT2D eigenvalue weighted by Crippen LogP contribution is 2.37. The molecular weight excluding hydrogens is 256 g/mol. The summed E-state index contributed by atoms with van der Waals surface area (Å²) in [5.74, 6) is 1.60. The number of carbonyl (C=O) groups excluding carboxylic acids is 1. The van der Waals surface area contributed by atoms with Gasteiger partial charge >= 0.3 is 6.03 Å². The van der Waals surface area contributed by atoms with E-state index in [-0.39, 0.29) is 12.6 Å². The molecule has 6 heteroatoms. The number of nitrogens with zero attached hydrogens (tertiary/aromatic N) is 2. The smallest absolute Gasteiger partial charge is 0.315 e. The Morgan fingerprint density at radius 2 is 2.05 bits per heavy atom. The van der Waals surface area contributed by atoms with E-state index in [1.54, 1.807) is 6.92 Å². The molecule has 0 atom stereocenters. The van der Waals surface area contributed by atoms with Gasteiger partial charge in [-0.05, 0) is 43.9 Å². The highest BCUT2D eigenvalue weighted by molar-refractivity contribution is 5.73. The van der Waals surface area contributed by atoms with E-state index in [0.717, 1.165) is 6.54 Å². The summed E-state index contributed by atoms with van der Waals surface area (Å²) in [4.78, 5) is 15.7. The number of nitrogens with one attached hydrogen (secondary N) is 2. The summed E-state index contributed by atoms with van der Waals surface area (Å²) in [6, 6.07) is -0.175. The Labute approximate surface area is 119 Å². The number of aromatic nitrogens is 2. The van der Waals surface area contributed by atoms with Crippen LogP contribution in [0.5, 0.6) is 0 Å². The van der Waals surface area contributed by atoms with E-state index in [2.05, 4.69) is 34.6 Å². The van der Waals surface area contributed by atoms with Crippen LogP contribution in [0, 0.1) is 18.3 Å². The highest BCUT2D eigenvalue weighted by atomic mass is 16.5. The molecule has 6 nitrogen and oxygen atoms in total. The van der Waals surface area contributed by atoms with Crippen molar-refractivity contribution in [2.45, 2.75) is 53.0 Å². The molecule has 112 valence electrons. The van der Waals surface area contributed by atoms with Gasteiger partial charge in [0.15, 0.2) is 5.82 Å². The Kier molecular flexibility index (Phi) is 4.62. The van der Waals surface area contributed by atoms with Crippen LogP contribution < -0.4 is 10.6 Å². The van der Waals surface area contributed by atoms with Crippen LogP contribution in [0.3, 0.4) is 0 Å². The van der Waals surface area contributed by atoms with Crippen LogP contribution in [-0.4, -0.2) is 22.7 Å². The minimum absolute atomic E-state index is 0.175. The third kappa shape index (κ3) is 4.51. The zero-order chi connectivity index (χ0) is 14.6. The maximum atomic E-state index is 11.7. The highest BCUT2D eigenvalue weighted by Gasteiger charge is 2.26. The van der Waals surface area contributed by atoms with Crippen molar-refractivity contribution >= 4 is 6.03 Å². The Morgan fingerprint density at radius 3 is 2.65 bits per heavy atom. The van der Waals surface area contributed by atoms with E-state index in [4.69, 9.17) is 4.52 Å². The summed E-state index contributed by atoms with van der Waals surface area (Å²) < 4.78 is 4.93. The lowest BCUT2D eigenvalue weighted by atomic mass is 9.73. The Hall–Kier alpha value is -1.59. The normalized spacial score (nSPS) is 18.8. The molecule has 0 bridgehead atoms. The van der Waals surface area contributed by atoms with Gasteiger partial charge in [-0.1, -0.05) is 19.0 Å². The predicted molar refractivity (Wildman–Crippen MR) is 75.0 cm³/mol. The molecule has 1 aromatic heterocycles. The SMILES string of the molecule is Cc1noc(CNC(=O)NCC2CCC(C)(C)CC2)n1. The Bertz CT molecular complexity index is 446. The molecule has 20 heavy (non-hydrogen) atoms. The standard InChI is InChI=1S/C14H24N4O2/c1-10-17-12(20-18-10)9-16-13(19)15-8-11-4-6-14(2,3)7-5-11/h11H,4-9H2,1-3H3,(H2,15,16,19). The van der Waals surface area contributed by atoms with Gasteiger partial charge in [-0.15, -0.1) is 0 Å². The third-order valence-corrected chi connectivity index (χ3v) is 3.98. The first-order valence-corrected chi connectivity index (χ1v) is 7.25. The molecule has 0 saturated heterocycles. The predicted octanol–water partition coefficient (Wildman–Crippen LogP) is 2.39. The number of rotatable bonds is 4. The second kappa shape index (κ2) is 6.24. The Morgan fingerprint density at radius 1 is 1.35 bits per heavy atom. The summed E-state index contributed by atoms with van der Waals surface area (Å²) in [6.45, 7) is 7.39. The van der Waals surface area contributed by atoms with E-state index in [1.165, 1.54) is 25.7 Å². The number of urea groups is 1. The second-order valence-corrected chi connectivity index (χ2v) is 6.41. The molecule has 0 radical (unpaired) electrons. The summed E-state index contributed by atoms with van der Waals surface area (Å²) >= 11 is 0. The van der Waals surface area contributed by atoms with Crippen molar-refractivity contribution in [3.8, 4) is 0 Å². The fourth-order valence-electron chi connectivity index (χ4n) is 2.53. The third-order valence-electron chi connectivity index (χ3n) is 3.98. The van der Waals surface area contributed by atoms with Crippen LogP contribution in [0.1, 0.15) is 51.2 Å².